The predicted octanol–water partition coefficient (Wildman–Crippen LogP) is 4.63. The quantitative estimate of drug-likeness (QED) is 0.679. The Hall–Kier alpha value is -0.750. The lowest BCUT2D eigenvalue weighted by Gasteiger charge is -2.14. The molecule has 0 bridgehead atoms. The zero-order chi connectivity index (χ0) is 10.7. The Bertz CT molecular complexity index is 350. The molecule has 0 nitrogen and oxygen atoms in total. The maximum absolute atomic E-state index is 6.19. The van der Waals surface area contributed by atoms with Crippen molar-refractivity contribution in [3.63, 3.8) is 0 Å². The molecular formula is C13H17Cl. The van der Waals surface area contributed by atoms with E-state index in [2.05, 4.69) is 33.4 Å². The number of hydrogen-bond donors (Lipinski definition) is 0. The molecule has 0 saturated carbocycles. The number of aryl methyl sites for hydroxylation is 1. The van der Waals surface area contributed by atoms with Crippen molar-refractivity contribution >= 4 is 17.2 Å². The van der Waals surface area contributed by atoms with E-state index in [9.17, 15) is 0 Å². The standard InChI is InChI=1S/C13H17Cl/c1-5-9(3)13-11(6-2)10(4)7-8-12(13)14/h7-8H,3,5-6H2,1-2,4H3. The van der Waals surface area contributed by atoms with E-state index in [4.69, 9.17) is 11.6 Å². The first kappa shape index (κ1) is 11.3. The second-order valence-corrected chi connectivity index (χ2v) is 3.94. The summed E-state index contributed by atoms with van der Waals surface area (Å²) in [4.78, 5) is 0. The minimum Gasteiger partial charge on any atom is -0.0952 e. The van der Waals surface area contributed by atoms with Gasteiger partial charge < -0.3 is 0 Å². The van der Waals surface area contributed by atoms with Crippen LogP contribution in [0.4, 0.5) is 0 Å². The average Bonchev–Trinajstić information content (AvgIpc) is 2.19. The van der Waals surface area contributed by atoms with E-state index < -0.39 is 0 Å². The topological polar surface area (TPSA) is 0 Å². The average molecular weight is 209 g/mol. The molecular weight excluding hydrogens is 192 g/mol. The van der Waals surface area contributed by atoms with Crippen molar-refractivity contribution in [1.82, 2.24) is 0 Å². The number of allylic oxidation sites excluding steroid dienone is 1. The van der Waals surface area contributed by atoms with Gasteiger partial charge in [0, 0.05) is 5.02 Å². The first-order chi connectivity index (χ1) is 6.61. The third-order valence-corrected chi connectivity index (χ3v) is 2.95. The molecule has 0 aliphatic carbocycles. The van der Waals surface area contributed by atoms with Crippen molar-refractivity contribution in [3.05, 3.63) is 40.4 Å². The zero-order valence-electron chi connectivity index (χ0n) is 9.15. The van der Waals surface area contributed by atoms with E-state index in [1.165, 1.54) is 11.1 Å². The van der Waals surface area contributed by atoms with E-state index in [0.29, 0.717) is 0 Å². The molecule has 0 amide bonds. The van der Waals surface area contributed by atoms with Crippen molar-refractivity contribution in [1.29, 1.82) is 0 Å². The molecule has 0 fully saturated rings. The van der Waals surface area contributed by atoms with Gasteiger partial charge in [-0.2, -0.15) is 0 Å². The summed E-state index contributed by atoms with van der Waals surface area (Å²) in [5, 5.41) is 0.833. The van der Waals surface area contributed by atoms with Crippen LogP contribution < -0.4 is 0 Å². The molecule has 0 saturated heterocycles. The summed E-state index contributed by atoms with van der Waals surface area (Å²) >= 11 is 6.19. The summed E-state index contributed by atoms with van der Waals surface area (Å²) in [6.07, 6.45) is 1.97. The smallest absolute Gasteiger partial charge is 0.0483 e. The van der Waals surface area contributed by atoms with Gasteiger partial charge in [-0.3, -0.25) is 0 Å². The molecule has 1 aromatic carbocycles. The Labute approximate surface area is 91.6 Å². The summed E-state index contributed by atoms with van der Waals surface area (Å²) in [5.41, 5.74) is 4.94. The first-order valence-electron chi connectivity index (χ1n) is 5.07. The van der Waals surface area contributed by atoms with Gasteiger partial charge in [0.05, 0.1) is 0 Å². The molecule has 1 heteroatoms. The SMILES string of the molecule is C=C(CC)c1c(Cl)ccc(C)c1CC. The summed E-state index contributed by atoms with van der Waals surface area (Å²) in [6.45, 7) is 10.5. The van der Waals surface area contributed by atoms with Crippen LogP contribution in [0.5, 0.6) is 0 Å². The highest BCUT2D eigenvalue weighted by atomic mass is 35.5. The minimum atomic E-state index is 0.833. The van der Waals surface area contributed by atoms with Gasteiger partial charge in [0.2, 0.25) is 0 Å². The fourth-order valence-electron chi connectivity index (χ4n) is 1.74. The van der Waals surface area contributed by atoms with E-state index in [-0.39, 0.29) is 0 Å². The van der Waals surface area contributed by atoms with Crippen LogP contribution in [0.3, 0.4) is 0 Å². The molecule has 0 N–H and O–H groups in total. The first-order valence-corrected chi connectivity index (χ1v) is 5.45. The van der Waals surface area contributed by atoms with E-state index in [1.807, 2.05) is 6.07 Å². The van der Waals surface area contributed by atoms with Crippen molar-refractivity contribution in [2.45, 2.75) is 33.6 Å². The Kier molecular flexibility index (Phi) is 3.77. The third-order valence-electron chi connectivity index (χ3n) is 2.63. The van der Waals surface area contributed by atoms with Gasteiger partial charge in [0.25, 0.3) is 0 Å². The number of rotatable bonds is 3. The molecule has 0 aromatic heterocycles. The Balaban J connectivity index is 3.37. The zero-order valence-corrected chi connectivity index (χ0v) is 9.91. The lowest BCUT2D eigenvalue weighted by molar-refractivity contribution is 1.09. The highest BCUT2D eigenvalue weighted by molar-refractivity contribution is 6.32. The molecule has 0 heterocycles. The monoisotopic (exact) mass is 208 g/mol. The molecule has 1 aromatic rings. The van der Waals surface area contributed by atoms with Crippen LogP contribution in [0.25, 0.3) is 5.57 Å². The number of benzene rings is 1. The molecule has 0 spiro atoms. The van der Waals surface area contributed by atoms with Gasteiger partial charge in [0.1, 0.15) is 0 Å². The summed E-state index contributed by atoms with van der Waals surface area (Å²) in [7, 11) is 0. The Morgan fingerprint density at radius 2 is 2.00 bits per heavy atom. The van der Waals surface area contributed by atoms with Crippen LogP contribution in [-0.4, -0.2) is 0 Å². The Morgan fingerprint density at radius 1 is 1.36 bits per heavy atom. The maximum Gasteiger partial charge on any atom is 0.0483 e. The molecule has 0 radical (unpaired) electrons. The van der Waals surface area contributed by atoms with Crippen molar-refractivity contribution < 1.29 is 0 Å². The van der Waals surface area contributed by atoms with Gasteiger partial charge >= 0.3 is 0 Å². The molecule has 0 aliphatic rings. The van der Waals surface area contributed by atoms with E-state index in [1.54, 1.807) is 0 Å². The number of hydrogen-bond acceptors (Lipinski definition) is 0. The van der Waals surface area contributed by atoms with Crippen LogP contribution in [0.15, 0.2) is 18.7 Å². The summed E-state index contributed by atoms with van der Waals surface area (Å²) in [5.74, 6) is 0. The fourth-order valence-corrected chi connectivity index (χ4v) is 2.05. The minimum absolute atomic E-state index is 0.833. The van der Waals surface area contributed by atoms with Gasteiger partial charge in [0.15, 0.2) is 0 Å². The molecule has 0 atom stereocenters. The van der Waals surface area contributed by atoms with Gasteiger partial charge in [-0.05, 0) is 48.1 Å². The molecule has 76 valence electrons. The van der Waals surface area contributed by atoms with Crippen molar-refractivity contribution in [2.24, 2.45) is 0 Å². The maximum atomic E-state index is 6.19. The summed E-state index contributed by atoms with van der Waals surface area (Å²) in [6, 6.07) is 4.04. The van der Waals surface area contributed by atoms with Gasteiger partial charge in [-0.25, -0.2) is 0 Å². The Morgan fingerprint density at radius 3 is 2.50 bits per heavy atom. The second-order valence-electron chi connectivity index (χ2n) is 3.53. The van der Waals surface area contributed by atoms with Crippen LogP contribution in [-0.2, 0) is 6.42 Å². The van der Waals surface area contributed by atoms with Crippen molar-refractivity contribution in [3.8, 4) is 0 Å². The number of halogens is 1. The lowest BCUT2D eigenvalue weighted by Crippen LogP contribution is -1.95. The normalized spacial score (nSPS) is 10.3. The van der Waals surface area contributed by atoms with Crippen molar-refractivity contribution in [2.75, 3.05) is 0 Å². The second kappa shape index (κ2) is 4.65. The summed E-state index contributed by atoms with van der Waals surface area (Å²) < 4.78 is 0. The largest absolute Gasteiger partial charge is 0.0952 e. The molecule has 14 heavy (non-hydrogen) atoms. The lowest BCUT2D eigenvalue weighted by atomic mass is 9.94. The fraction of sp³-hybridized carbons (Fsp3) is 0.385. The molecule has 0 unspecified atom stereocenters. The van der Waals surface area contributed by atoms with Crippen LogP contribution >= 0.6 is 11.6 Å². The molecule has 1 rings (SSSR count). The van der Waals surface area contributed by atoms with Gasteiger partial charge in [-0.1, -0.05) is 38.1 Å². The van der Waals surface area contributed by atoms with Crippen LogP contribution in [0.1, 0.15) is 37.0 Å². The third kappa shape index (κ3) is 2.01. The van der Waals surface area contributed by atoms with Gasteiger partial charge in [-0.15, -0.1) is 0 Å². The van der Waals surface area contributed by atoms with Crippen LogP contribution in [0.2, 0.25) is 5.02 Å². The van der Waals surface area contributed by atoms with E-state index >= 15 is 0 Å². The van der Waals surface area contributed by atoms with Crippen LogP contribution in [0, 0.1) is 6.92 Å². The highest BCUT2D eigenvalue weighted by Gasteiger charge is 2.10. The van der Waals surface area contributed by atoms with E-state index in [0.717, 1.165) is 29.0 Å². The predicted molar refractivity (Wildman–Crippen MR) is 64.9 cm³/mol. The highest BCUT2D eigenvalue weighted by Crippen LogP contribution is 2.30. The molecule has 0 aliphatic heterocycles.